The first kappa shape index (κ1) is 15.4. The minimum atomic E-state index is -3.73. The summed E-state index contributed by atoms with van der Waals surface area (Å²) in [4.78, 5) is 15.1. The van der Waals surface area contributed by atoms with Crippen LogP contribution in [-0.2, 0) is 14.8 Å². The number of aryl methyl sites for hydroxylation is 1. The summed E-state index contributed by atoms with van der Waals surface area (Å²) in [6.07, 6.45) is 0.794. The Hall–Kier alpha value is -0.700. The van der Waals surface area contributed by atoms with Crippen molar-refractivity contribution in [3.05, 3.63) is 10.2 Å². The van der Waals surface area contributed by atoms with Crippen LogP contribution in [0.1, 0.15) is 19.0 Å². The predicted octanol–water partition coefficient (Wildman–Crippen LogP) is 0.909. The molecule has 0 aromatic carbocycles. The van der Waals surface area contributed by atoms with E-state index in [9.17, 15) is 13.2 Å². The van der Waals surface area contributed by atoms with Crippen LogP contribution >= 0.6 is 22.9 Å². The number of nitrogens with zero attached hydrogens (tertiary/aromatic N) is 1. The normalized spacial score (nSPS) is 11.5. The number of halogens is 1. The lowest BCUT2D eigenvalue weighted by Crippen LogP contribution is -2.37. The Balaban J connectivity index is 2.66. The zero-order chi connectivity index (χ0) is 13.8. The smallest absolute Gasteiger partial charge is 0.252 e. The molecule has 0 bridgehead atoms. The molecule has 0 aliphatic rings. The standard InChI is InChI=1S/C9H14ClN3O3S2/c1-3-4-11-7(14)5-12-18(15,16)8-6(2)13-9(10)17-8/h12H,3-5H2,1-2H3,(H,11,14). The number of thiazole rings is 1. The van der Waals surface area contributed by atoms with E-state index in [0.717, 1.165) is 17.8 Å². The fourth-order valence-corrected chi connectivity index (χ4v) is 3.92. The first-order valence-electron chi connectivity index (χ1n) is 5.26. The quantitative estimate of drug-likeness (QED) is 0.817. The van der Waals surface area contributed by atoms with Crippen LogP contribution in [0, 0.1) is 6.92 Å². The van der Waals surface area contributed by atoms with E-state index in [0.29, 0.717) is 12.2 Å². The molecule has 0 atom stereocenters. The van der Waals surface area contributed by atoms with Gasteiger partial charge in [0.1, 0.15) is 0 Å². The molecule has 1 heterocycles. The zero-order valence-corrected chi connectivity index (χ0v) is 12.4. The second-order valence-corrected chi connectivity index (χ2v) is 7.06. The summed E-state index contributed by atoms with van der Waals surface area (Å²) in [6, 6.07) is 0. The molecule has 0 aliphatic heterocycles. The molecule has 1 rings (SSSR count). The Bertz CT molecular complexity index is 527. The molecular weight excluding hydrogens is 298 g/mol. The van der Waals surface area contributed by atoms with Gasteiger partial charge in [-0.25, -0.2) is 18.1 Å². The van der Waals surface area contributed by atoms with Crippen molar-refractivity contribution >= 4 is 38.9 Å². The Morgan fingerprint density at radius 2 is 2.17 bits per heavy atom. The number of carbonyl (C=O) groups is 1. The van der Waals surface area contributed by atoms with E-state index in [1.54, 1.807) is 6.92 Å². The molecule has 0 aliphatic carbocycles. The number of hydrogen-bond donors (Lipinski definition) is 2. The molecule has 0 radical (unpaired) electrons. The minimum Gasteiger partial charge on any atom is -0.355 e. The predicted molar refractivity (Wildman–Crippen MR) is 70.4 cm³/mol. The van der Waals surface area contributed by atoms with Gasteiger partial charge in [0.2, 0.25) is 5.91 Å². The third kappa shape index (κ3) is 4.20. The van der Waals surface area contributed by atoms with E-state index in [1.165, 1.54) is 0 Å². The van der Waals surface area contributed by atoms with Crippen LogP contribution in [0.4, 0.5) is 0 Å². The number of hydrogen-bond acceptors (Lipinski definition) is 5. The SMILES string of the molecule is CCCNC(=O)CNS(=O)(=O)c1sc(Cl)nc1C. The van der Waals surface area contributed by atoms with Gasteiger partial charge in [0.05, 0.1) is 12.2 Å². The number of aromatic nitrogens is 1. The van der Waals surface area contributed by atoms with Crippen molar-refractivity contribution < 1.29 is 13.2 Å². The van der Waals surface area contributed by atoms with Gasteiger partial charge in [0, 0.05) is 6.54 Å². The van der Waals surface area contributed by atoms with E-state index in [2.05, 4.69) is 15.0 Å². The van der Waals surface area contributed by atoms with Gasteiger partial charge < -0.3 is 5.32 Å². The van der Waals surface area contributed by atoms with Crippen LogP contribution < -0.4 is 10.0 Å². The second kappa shape index (κ2) is 6.46. The van der Waals surface area contributed by atoms with E-state index in [-0.39, 0.29) is 21.1 Å². The highest BCUT2D eigenvalue weighted by Gasteiger charge is 2.21. The lowest BCUT2D eigenvalue weighted by molar-refractivity contribution is -0.119. The van der Waals surface area contributed by atoms with Gasteiger partial charge in [0.25, 0.3) is 10.0 Å². The van der Waals surface area contributed by atoms with Gasteiger partial charge in [0.15, 0.2) is 8.68 Å². The van der Waals surface area contributed by atoms with Crippen LogP contribution in [0.2, 0.25) is 4.47 Å². The fourth-order valence-electron chi connectivity index (χ4n) is 1.15. The molecule has 6 nitrogen and oxygen atoms in total. The summed E-state index contributed by atoms with van der Waals surface area (Å²) >= 11 is 6.50. The average Bonchev–Trinajstić information content (AvgIpc) is 2.64. The van der Waals surface area contributed by atoms with Crippen molar-refractivity contribution in [2.24, 2.45) is 0 Å². The molecule has 18 heavy (non-hydrogen) atoms. The van der Waals surface area contributed by atoms with E-state index >= 15 is 0 Å². The van der Waals surface area contributed by atoms with Gasteiger partial charge in [-0.3, -0.25) is 4.79 Å². The van der Waals surface area contributed by atoms with Crippen LogP contribution in [0.15, 0.2) is 4.21 Å². The lowest BCUT2D eigenvalue weighted by Gasteiger charge is -2.05. The number of amides is 1. The van der Waals surface area contributed by atoms with Gasteiger partial charge in [-0.15, -0.1) is 0 Å². The Morgan fingerprint density at radius 3 is 2.67 bits per heavy atom. The van der Waals surface area contributed by atoms with E-state index in [4.69, 9.17) is 11.6 Å². The van der Waals surface area contributed by atoms with Crippen molar-refractivity contribution in [1.82, 2.24) is 15.0 Å². The highest BCUT2D eigenvalue weighted by atomic mass is 35.5. The topological polar surface area (TPSA) is 88.2 Å². The monoisotopic (exact) mass is 311 g/mol. The minimum absolute atomic E-state index is 0.0378. The maximum Gasteiger partial charge on any atom is 0.252 e. The van der Waals surface area contributed by atoms with Gasteiger partial charge in [-0.1, -0.05) is 29.9 Å². The van der Waals surface area contributed by atoms with Gasteiger partial charge >= 0.3 is 0 Å². The van der Waals surface area contributed by atoms with Crippen LogP contribution in [-0.4, -0.2) is 32.4 Å². The van der Waals surface area contributed by atoms with Crippen molar-refractivity contribution in [2.45, 2.75) is 24.5 Å². The first-order valence-corrected chi connectivity index (χ1v) is 7.94. The second-order valence-electron chi connectivity index (χ2n) is 3.51. The molecule has 0 saturated heterocycles. The summed E-state index contributed by atoms with van der Waals surface area (Å²) in [6.45, 7) is 3.69. The van der Waals surface area contributed by atoms with Crippen molar-refractivity contribution in [1.29, 1.82) is 0 Å². The first-order chi connectivity index (χ1) is 8.36. The van der Waals surface area contributed by atoms with Gasteiger partial charge in [-0.05, 0) is 13.3 Å². The van der Waals surface area contributed by atoms with Crippen molar-refractivity contribution in [3.8, 4) is 0 Å². The van der Waals surface area contributed by atoms with E-state index < -0.39 is 10.0 Å². The third-order valence-corrected chi connectivity index (χ3v) is 5.24. The molecule has 0 fully saturated rings. The molecular formula is C9H14ClN3O3S2. The summed E-state index contributed by atoms with van der Waals surface area (Å²) < 4.78 is 26.1. The van der Waals surface area contributed by atoms with E-state index in [1.807, 2.05) is 6.92 Å². The molecule has 0 unspecified atom stereocenters. The van der Waals surface area contributed by atoms with Crippen molar-refractivity contribution in [2.75, 3.05) is 13.1 Å². The fraction of sp³-hybridized carbons (Fsp3) is 0.556. The summed E-state index contributed by atoms with van der Waals surface area (Å²) in [5.41, 5.74) is 0.325. The molecule has 2 N–H and O–H groups in total. The number of sulfonamides is 1. The lowest BCUT2D eigenvalue weighted by atomic mass is 10.5. The van der Waals surface area contributed by atoms with Crippen LogP contribution in [0.3, 0.4) is 0 Å². The maximum absolute atomic E-state index is 11.9. The Labute approximate surface area is 115 Å². The zero-order valence-electron chi connectivity index (χ0n) is 9.99. The summed E-state index contributed by atoms with van der Waals surface area (Å²) in [7, 11) is -3.73. The molecule has 1 aromatic rings. The molecule has 9 heteroatoms. The molecule has 0 spiro atoms. The highest BCUT2D eigenvalue weighted by molar-refractivity contribution is 7.91. The largest absolute Gasteiger partial charge is 0.355 e. The average molecular weight is 312 g/mol. The number of carbonyl (C=O) groups excluding carboxylic acids is 1. The van der Waals surface area contributed by atoms with Crippen LogP contribution in [0.25, 0.3) is 0 Å². The molecule has 1 amide bonds. The molecule has 0 saturated carbocycles. The Kier molecular flexibility index (Phi) is 5.51. The van der Waals surface area contributed by atoms with Crippen LogP contribution in [0.5, 0.6) is 0 Å². The summed E-state index contributed by atoms with van der Waals surface area (Å²) in [5.74, 6) is -0.367. The third-order valence-electron chi connectivity index (χ3n) is 1.97. The Morgan fingerprint density at radius 1 is 1.50 bits per heavy atom. The summed E-state index contributed by atoms with van der Waals surface area (Å²) in [5, 5.41) is 2.57. The highest BCUT2D eigenvalue weighted by Crippen LogP contribution is 2.26. The number of rotatable bonds is 6. The maximum atomic E-state index is 11.9. The van der Waals surface area contributed by atoms with Gasteiger partial charge in [-0.2, -0.15) is 0 Å². The molecule has 1 aromatic heterocycles. The number of nitrogens with one attached hydrogen (secondary N) is 2. The van der Waals surface area contributed by atoms with Crippen molar-refractivity contribution in [3.63, 3.8) is 0 Å². The molecule has 102 valence electrons.